The quantitative estimate of drug-likeness (QED) is 0.636. The number of fused-ring (bicyclic) bond motifs is 1. The number of ether oxygens (including phenoxy) is 1. The topological polar surface area (TPSA) is 26.3 Å². The lowest BCUT2D eigenvalue weighted by atomic mass is 9.78. The maximum absolute atomic E-state index is 11.4. The fourth-order valence-electron chi connectivity index (χ4n) is 2.62. The van der Waals surface area contributed by atoms with Crippen molar-refractivity contribution in [2.75, 3.05) is 7.11 Å². The van der Waals surface area contributed by atoms with Gasteiger partial charge < -0.3 is 4.74 Å². The van der Waals surface area contributed by atoms with Crippen molar-refractivity contribution in [2.45, 2.75) is 26.4 Å². The molecule has 0 bridgehead atoms. The van der Waals surface area contributed by atoms with Gasteiger partial charge in [-0.3, -0.25) is 4.79 Å². The van der Waals surface area contributed by atoms with Crippen LogP contribution in [0.1, 0.15) is 20.3 Å². The van der Waals surface area contributed by atoms with E-state index in [1.165, 1.54) is 11.1 Å². The summed E-state index contributed by atoms with van der Waals surface area (Å²) in [6.07, 6.45) is 4.76. The smallest absolute Gasteiger partial charge is 0.156 e. The molecule has 2 rings (SSSR count). The van der Waals surface area contributed by atoms with Gasteiger partial charge in [0.15, 0.2) is 5.78 Å². The molecule has 76 valence electrons. The molecule has 3 atom stereocenters. The minimum Gasteiger partial charge on any atom is -0.377 e. The summed E-state index contributed by atoms with van der Waals surface area (Å²) in [6.45, 7) is 4.19. The summed E-state index contributed by atoms with van der Waals surface area (Å²) in [7, 11) is 1.74. The molecule has 14 heavy (non-hydrogen) atoms. The van der Waals surface area contributed by atoms with Gasteiger partial charge in [0.1, 0.15) is 0 Å². The lowest BCUT2D eigenvalue weighted by molar-refractivity contribution is -0.116. The van der Waals surface area contributed by atoms with Crippen molar-refractivity contribution in [2.24, 2.45) is 11.8 Å². The number of hydrogen-bond donors (Lipinski definition) is 0. The highest BCUT2D eigenvalue weighted by atomic mass is 16.5. The Labute approximate surface area is 84.6 Å². The third-order valence-electron chi connectivity index (χ3n) is 3.31. The van der Waals surface area contributed by atoms with Crippen LogP contribution < -0.4 is 0 Å². The normalized spacial score (nSPS) is 36.5. The molecule has 2 aliphatic rings. The van der Waals surface area contributed by atoms with E-state index < -0.39 is 0 Å². The Bertz CT molecular complexity index is 325. The maximum atomic E-state index is 11.4. The molecular weight excluding hydrogens is 176 g/mol. The molecule has 0 saturated heterocycles. The second kappa shape index (κ2) is 3.35. The number of carbonyl (C=O) groups is 1. The maximum Gasteiger partial charge on any atom is 0.156 e. The highest BCUT2D eigenvalue weighted by molar-refractivity contribution is 5.92. The van der Waals surface area contributed by atoms with Crippen LogP contribution in [0, 0.1) is 11.8 Å². The van der Waals surface area contributed by atoms with Gasteiger partial charge in [0.2, 0.25) is 0 Å². The predicted molar refractivity (Wildman–Crippen MR) is 54.9 cm³/mol. The molecule has 0 aliphatic heterocycles. The second-order valence-electron chi connectivity index (χ2n) is 4.32. The van der Waals surface area contributed by atoms with Gasteiger partial charge in [-0.15, -0.1) is 0 Å². The van der Waals surface area contributed by atoms with Crippen molar-refractivity contribution in [1.82, 2.24) is 0 Å². The lowest BCUT2D eigenvalue weighted by Crippen LogP contribution is -2.29. The van der Waals surface area contributed by atoms with Crippen LogP contribution in [0.5, 0.6) is 0 Å². The van der Waals surface area contributed by atoms with E-state index in [4.69, 9.17) is 4.74 Å². The van der Waals surface area contributed by atoms with Crippen LogP contribution in [0.25, 0.3) is 0 Å². The van der Waals surface area contributed by atoms with E-state index in [0.29, 0.717) is 18.3 Å². The summed E-state index contributed by atoms with van der Waals surface area (Å²) in [6, 6.07) is 0. The van der Waals surface area contributed by atoms with Gasteiger partial charge in [-0.05, 0) is 30.1 Å². The Morgan fingerprint density at radius 3 is 2.86 bits per heavy atom. The molecular formula is C12H16O2. The van der Waals surface area contributed by atoms with E-state index in [0.717, 1.165) is 0 Å². The highest BCUT2D eigenvalue weighted by Crippen LogP contribution is 2.41. The van der Waals surface area contributed by atoms with E-state index in [1.54, 1.807) is 13.2 Å². The van der Waals surface area contributed by atoms with Gasteiger partial charge in [-0.2, -0.15) is 0 Å². The molecule has 0 amide bonds. The van der Waals surface area contributed by atoms with Crippen molar-refractivity contribution < 1.29 is 9.53 Å². The number of allylic oxidation sites excluding steroid dienone is 2. The predicted octanol–water partition coefficient (Wildman–Crippen LogP) is 2.11. The minimum absolute atomic E-state index is 0.171. The molecule has 0 unspecified atom stereocenters. The van der Waals surface area contributed by atoms with E-state index in [1.807, 2.05) is 0 Å². The number of hydrogen-bond acceptors (Lipinski definition) is 2. The van der Waals surface area contributed by atoms with Crippen molar-refractivity contribution in [3.63, 3.8) is 0 Å². The molecule has 0 spiro atoms. The minimum atomic E-state index is 0.171. The van der Waals surface area contributed by atoms with Crippen LogP contribution in [0.4, 0.5) is 0 Å². The molecule has 0 aromatic rings. The van der Waals surface area contributed by atoms with Crippen LogP contribution in [0.3, 0.4) is 0 Å². The van der Waals surface area contributed by atoms with Crippen molar-refractivity contribution in [1.29, 1.82) is 0 Å². The van der Waals surface area contributed by atoms with Crippen molar-refractivity contribution in [3.8, 4) is 0 Å². The van der Waals surface area contributed by atoms with Crippen LogP contribution >= 0.6 is 0 Å². The highest BCUT2D eigenvalue weighted by Gasteiger charge is 2.38. The molecule has 0 aromatic carbocycles. The summed E-state index contributed by atoms with van der Waals surface area (Å²) in [5.74, 6) is 1.06. The summed E-state index contributed by atoms with van der Waals surface area (Å²) < 4.78 is 5.43. The standard InChI is InChI=1S/C12H16O2/c1-7-5-11(14-3)12-8(2)4-9(13)6-10(7)12/h5-6,8,11-12H,4H2,1-3H3/t8-,11+,12+/m1/s1. The molecule has 0 radical (unpaired) electrons. The molecule has 0 saturated carbocycles. The van der Waals surface area contributed by atoms with Crippen molar-refractivity contribution >= 4 is 5.78 Å². The number of methoxy groups -OCH3 is 1. The fraction of sp³-hybridized carbons (Fsp3) is 0.583. The molecule has 0 heterocycles. The van der Waals surface area contributed by atoms with Gasteiger partial charge >= 0.3 is 0 Å². The van der Waals surface area contributed by atoms with Gasteiger partial charge in [-0.1, -0.05) is 13.0 Å². The first-order valence-electron chi connectivity index (χ1n) is 5.09. The summed E-state index contributed by atoms with van der Waals surface area (Å²) in [5, 5.41) is 0. The van der Waals surface area contributed by atoms with E-state index in [2.05, 4.69) is 19.9 Å². The van der Waals surface area contributed by atoms with Gasteiger partial charge in [0.25, 0.3) is 0 Å². The first kappa shape index (κ1) is 9.66. The van der Waals surface area contributed by atoms with E-state index in [9.17, 15) is 4.79 Å². The Morgan fingerprint density at radius 1 is 1.50 bits per heavy atom. The molecule has 0 aromatic heterocycles. The Kier molecular flexibility index (Phi) is 2.31. The van der Waals surface area contributed by atoms with Crippen LogP contribution in [-0.4, -0.2) is 19.0 Å². The first-order valence-corrected chi connectivity index (χ1v) is 5.09. The fourth-order valence-corrected chi connectivity index (χ4v) is 2.62. The van der Waals surface area contributed by atoms with Crippen molar-refractivity contribution in [3.05, 3.63) is 23.3 Å². The molecule has 0 fully saturated rings. The third-order valence-corrected chi connectivity index (χ3v) is 3.31. The average molecular weight is 192 g/mol. The molecule has 2 nitrogen and oxygen atoms in total. The number of rotatable bonds is 1. The Balaban J connectivity index is 2.37. The Morgan fingerprint density at radius 2 is 2.21 bits per heavy atom. The average Bonchev–Trinajstić information content (AvgIpc) is 2.43. The van der Waals surface area contributed by atoms with E-state index in [-0.39, 0.29) is 11.9 Å². The number of carbonyl (C=O) groups excluding carboxylic acids is 1. The Hall–Kier alpha value is -0.890. The molecule has 0 N–H and O–H groups in total. The molecule has 2 aliphatic carbocycles. The largest absolute Gasteiger partial charge is 0.377 e. The molecule has 2 heteroatoms. The van der Waals surface area contributed by atoms with Gasteiger partial charge in [0.05, 0.1) is 6.10 Å². The third kappa shape index (κ3) is 1.34. The zero-order chi connectivity index (χ0) is 10.3. The van der Waals surface area contributed by atoms with Gasteiger partial charge in [-0.25, -0.2) is 0 Å². The van der Waals surface area contributed by atoms with Crippen LogP contribution in [-0.2, 0) is 9.53 Å². The van der Waals surface area contributed by atoms with Gasteiger partial charge in [0, 0.05) is 19.4 Å². The van der Waals surface area contributed by atoms with Crippen LogP contribution in [0.2, 0.25) is 0 Å². The number of ketones is 1. The lowest BCUT2D eigenvalue weighted by Gasteiger charge is -2.29. The summed E-state index contributed by atoms with van der Waals surface area (Å²) in [4.78, 5) is 11.4. The first-order chi connectivity index (χ1) is 6.63. The summed E-state index contributed by atoms with van der Waals surface area (Å²) >= 11 is 0. The zero-order valence-electron chi connectivity index (χ0n) is 8.91. The van der Waals surface area contributed by atoms with Crippen LogP contribution in [0.15, 0.2) is 23.3 Å². The zero-order valence-corrected chi connectivity index (χ0v) is 8.91. The van der Waals surface area contributed by atoms with E-state index >= 15 is 0 Å². The monoisotopic (exact) mass is 192 g/mol. The SMILES string of the molecule is CO[C@H]1C=C(C)C2=CC(=O)C[C@@H](C)[C@@H]21. The second-order valence-corrected chi connectivity index (χ2v) is 4.32. The summed E-state index contributed by atoms with van der Waals surface area (Å²) in [5.41, 5.74) is 2.40.